The van der Waals surface area contributed by atoms with E-state index in [-0.39, 0.29) is 0 Å². The van der Waals surface area contributed by atoms with Crippen LogP contribution in [0.1, 0.15) is 25.0 Å². The van der Waals surface area contributed by atoms with Crippen molar-refractivity contribution in [3.05, 3.63) is 36.0 Å². The van der Waals surface area contributed by atoms with Crippen LogP contribution in [0.4, 0.5) is 5.82 Å². The maximum absolute atomic E-state index is 5.99. The molecule has 4 heteroatoms. The van der Waals surface area contributed by atoms with Crippen LogP contribution in [-0.4, -0.2) is 31.3 Å². The largest absolute Gasteiger partial charge is 0.376 e. The molecule has 1 aromatic heterocycles. The van der Waals surface area contributed by atoms with Crippen LogP contribution in [-0.2, 0) is 10.6 Å². The molecule has 1 aliphatic rings. The SMILES string of the molecule is CN(CC1CCCCO1)c1nc(CCl)cc2ccccc12. The van der Waals surface area contributed by atoms with E-state index in [4.69, 9.17) is 21.3 Å². The second-order valence-electron chi connectivity index (χ2n) is 5.66. The molecular formula is C17H21ClN2O. The number of fused-ring (bicyclic) bond motifs is 1. The monoisotopic (exact) mass is 304 g/mol. The Labute approximate surface area is 130 Å². The van der Waals surface area contributed by atoms with Crippen molar-refractivity contribution in [2.24, 2.45) is 0 Å². The number of rotatable bonds is 4. The molecule has 3 rings (SSSR count). The molecule has 1 unspecified atom stereocenters. The number of alkyl halides is 1. The van der Waals surface area contributed by atoms with Gasteiger partial charge in [0.15, 0.2) is 0 Å². The number of halogens is 1. The minimum absolute atomic E-state index is 0.309. The number of benzene rings is 1. The van der Waals surface area contributed by atoms with Gasteiger partial charge < -0.3 is 9.64 Å². The van der Waals surface area contributed by atoms with E-state index in [1.165, 1.54) is 23.6 Å². The van der Waals surface area contributed by atoms with Crippen molar-refractivity contribution in [2.45, 2.75) is 31.2 Å². The minimum Gasteiger partial charge on any atom is -0.376 e. The van der Waals surface area contributed by atoms with E-state index in [0.29, 0.717) is 12.0 Å². The van der Waals surface area contributed by atoms with Gasteiger partial charge in [0.05, 0.1) is 17.7 Å². The van der Waals surface area contributed by atoms with Crippen molar-refractivity contribution in [3.63, 3.8) is 0 Å². The summed E-state index contributed by atoms with van der Waals surface area (Å²) in [6.07, 6.45) is 3.89. The van der Waals surface area contributed by atoms with E-state index in [1.54, 1.807) is 0 Å². The van der Waals surface area contributed by atoms with Crippen LogP contribution in [0.15, 0.2) is 30.3 Å². The summed E-state index contributed by atoms with van der Waals surface area (Å²) < 4.78 is 5.84. The molecule has 2 aromatic rings. The molecule has 3 nitrogen and oxygen atoms in total. The van der Waals surface area contributed by atoms with Gasteiger partial charge in [0.2, 0.25) is 0 Å². The van der Waals surface area contributed by atoms with Gasteiger partial charge in [0.25, 0.3) is 0 Å². The fraction of sp³-hybridized carbons (Fsp3) is 0.471. The first-order chi connectivity index (χ1) is 10.3. The van der Waals surface area contributed by atoms with Crippen molar-refractivity contribution < 1.29 is 4.74 Å². The van der Waals surface area contributed by atoms with Crippen LogP contribution in [0.5, 0.6) is 0 Å². The summed E-state index contributed by atoms with van der Waals surface area (Å²) >= 11 is 5.99. The van der Waals surface area contributed by atoms with Gasteiger partial charge in [-0.25, -0.2) is 4.98 Å². The second kappa shape index (κ2) is 6.63. The van der Waals surface area contributed by atoms with Gasteiger partial charge in [0, 0.05) is 25.6 Å². The van der Waals surface area contributed by atoms with Crippen LogP contribution in [0, 0.1) is 0 Å². The molecule has 21 heavy (non-hydrogen) atoms. The Morgan fingerprint density at radius 1 is 1.33 bits per heavy atom. The Hall–Kier alpha value is -1.32. The summed E-state index contributed by atoms with van der Waals surface area (Å²) in [4.78, 5) is 6.93. The third-order valence-electron chi connectivity index (χ3n) is 4.02. The first-order valence-electron chi connectivity index (χ1n) is 7.55. The topological polar surface area (TPSA) is 25.4 Å². The normalized spacial score (nSPS) is 18.9. The smallest absolute Gasteiger partial charge is 0.136 e. The van der Waals surface area contributed by atoms with Crippen LogP contribution >= 0.6 is 11.6 Å². The lowest BCUT2D eigenvalue weighted by Gasteiger charge is -2.28. The molecule has 2 heterocycles. The molecule has 0 amide bonds. The molecular weight excluding hydrogens is 284 g/mol. The molecule has 1 saturated heterocycles. The molecule has 112 valence electrons. The van der Waals surface area contributed by atoms with Gasteiger partial charge in [-0.2, -0.15) is 0 Å². The summed E-state index contributed by atoms with van der Waals surface area (Å²) in [6.45, 7) is 1.76. The Kier molecular flexibility index (Phi) is 4.61. The summed E-state index contributed by atoms with van der Waals surface area (Å²) in [6, 6.07) is 10.4. The van der Waals surface area contributed by atoms with Crippen LogP contribution in [0.25, 0.3) is 10.8 Å². The van der Waals surface area contributed by atoms with Gasteiger partial charge in [-0.15, -0.1) is 11.6 Å². The molecule has 1 aromatic carbocycles. The summed E-state index contributed by atoms with van der Waals surface area (Å²) in [5.74, 6) is 1.43. The standard InChI is InChI=1S/C17H21ClN2O/c1-20(12-15-7-4-5-9-21-15)17-16-8-3-2-6-13(16)10-14(11-18)19-17/h2-3,6,8,10,15H,4-5,7,9,11-12H2,1H3. The average molecular weight is 305 g/mol. The maximum Gasteiger partial charge on any atom is 0.136 e. The first-order valence-corrected chi connectivity index (χ1v) is 8.09. The van der Waals surface area contributed by atoms with E-state index in [9.17, 15) is 0 Å². The van der Waals surface area contributed by atoms with Gasteiger partial charge in [-0.1, -0.05) is 24.3 Å². The number of nitrogens with zero attached hydrogens (tertiary/aromatic N) is 2. The number of hydrogen-bond donors (Lipinski definition) is 0. The van der Waals surface area contributed by atoms with Crippen molar-refractivity contribution in [3.8, 4) is 0 Å². The minimum atomic E-state index is 0.309. The lowest BCUT2D eigenvalue weighted by atomic mass is 10.1. The Balaban J connectivity index is 1.90. The molecule has 0 spiro atoms. The number of anilines is 1. The number of aromatic nitrogens is 1. The predicted octanol–water partition coefficient (Wildman–Crippen LogP) is 3.98. The van der Waals surface area contributed by atoms with E-state index >= 15 is 0 Å². The summed E-state index contributed by atoms with van der Waals surface area (Å²) in [5.41, 5.74) is 0.918. The zero-order chi connectivity index (χ0) is 14.7. The third kappa shape index (κ3) is 3.30. The highest BCUT2D eigenvalue weighted by Crippen LogP contribution is 2.26. The first kappa shape index (κ1) is 14.6. The van der Waals surface area contributed by atoms with Crippen molar-refractivity contribution in [1.82, 2.24) is 4.98 Å². The summed E-state index contributed by atoms with van der Waals surface area (Å²) in [5, 5.41) is 2.36. The van der Waals surface area contributed by atoms with E-state index in [2.05, 4.69) is 36.2 Å². The maximum atomic E-state index is 5.99. The molecule has 0 aliphatic carbocycles. The van der Waals surface area contributed by atoms with Gasteiger partial charge in [0.1, 0.15) is 5.82 Å². The average Bonchev–Trinajstić information content (AvgIpc) is 2.54. The number of likely N-dealkylation sites (N-methyl/N-ethyl adjacent to an activating group) is 1. The van der Waals surface area contributed by atoms with Gasteiger partial charge in [-0.3, -0.25) is 0 Å². The molecule has 0 radical (unpaired) electrons. The molecule has 0 saturated carbocycles. The number of ether oxygens (including phenoxy) is 1. The highest BCUT2D eigenvalue weighted by molar-refractivity contribution is 6.17. The van der Waals surface area contributed by atoms with Crippen LogP contribution < -0.4 is 4.90 Å². The molecule has 0 bridgehead atoms. The zero-order valence-electron chi connectivity index (χ0n) is 12.4. The predicted molar refractivity (Wildman–Crippen MR) is 88.2 cm³/mol. The fourth-order valence-electron chi connectivity index (χ4n) is 2.94. The highest BCUT2D eigenvalue weighted by atomic mass is 35.5. The Bertz CT molecular complexity index is 611. The zero-order valence-corrected chi connectivity index (χ0v) is 13.1. The molecule has 0 N–H and O–H groups in total. The molecule has 1 aliphatic heterocycles. The third-order valence-corrected chi connectivity index (χ3v) is 4.30. The van der Waals surface area contributed by atoms with E-state index < -0.39 is 0 Å². The number of hydrogen-bond acceptors (Lipinski definition) is 3. The highest BCUT2D eigenvalue weighted by Gasteiger charge is 2.18. The Morgan fingerprint density at radius 2 is 2.19 bits per heavy atom. The van der Waals surface area contributed by atoms with E-state index in [1.807, 2.05) is 6.07 Å². The summed E-state index contributed by atoms with van der Waals surface area (Å²) in [7, 11) is 2.09. The van der Waals surface area contributed by atoms with Crippen molar-refractivity contribution >= 4 is 28.2 Å². The number of pyridine rings is 1. The van der Waals surface area contributed by atoms with Crippen LogP contribution in [0.2, 0.25) is 0 Å². The van der Waals surface area contributed by atoms with Crippen LogP contribution in [0.3, 0.4) is 0 Å². The fourth-order valence-corrected chi connectivity index (χ4v) is 3.07. The lowest BCUT2D eigenvalue weighted by molar-refractivity contribution is 0.0215. The molecule has 1 fully saturated rings. The van der Waals surface area contributed by atoms with Gasteiger partial charge >= 0.3 is 0 Å². The molecule has 1 atom stereocenters. The van der Waals surface area contributed by atoms with Crippen molar-refractivity contribution in [1.29, 1.82) is 0 Å². The van der Waals surface area contributed by atoms with Gasteiger partial charge in [-0.05, 0) is 30.7 Å². The quantitative estimate of drug-likeness (QED) is 0.799. The van der Waals surface area contributed by atoms with Crippen molar-refractivity contribution in [2.75, 3.05) is 25.1 Å². The lowest BCUT2D eigenvalue weighted by Crippen LogP contribution is -2.34. The second-order valence-corrected chi connectivity index (χ2v) is 5.93. The van der Waals surface area contributed by atoms with E-state index in [0.717, 1.165) is 31.1 Å². The Morgan fingerprint density at radius 3 is 2.95 bits per heavy atom.